The molecular formula is C44H24BFN2. The topological polar surface area (TPSA) is 9.86 Å². The molecule has 48 heavy (non-hydrogen) atoms. The van der Waals surface area contributed by atoms with Crippen molar-refractivity contribution in [1.29, 1.82) is 0 Å². The number of hydrogen-bond donors (Lipinski definition) is 0. The van der Waals surface area contributed by atoms with Crippen molar-refractivity contribution in [1.82, 2.24) is 9.13 Å². The van der Waals surface area contributed by atoms with Crippen LogP contribution in [-0.4, -0.2) is 15.8 Å². The van der Waals surface area contributed by atoms with E-state index in [-0.39, 0.29) is 12.5 Å². The SMILES string of the molecule is Fc1ccc(-c2cc3c4c(c2)-n2c5cc6ccccc6cc5c5cccc(c52)B4c2cccc4c5cc6ccccc6cc5n-3c24)cc1. The van der Waals surface area contributed by atoms with E-state index in [1.807, 2.05) is 12.1 Å². The van der Waals surface area contributed by atoms with E-state index >= 15 is 0 Å². The van der Waals surface area contributed by atoms with Gasteiger partial charge in [0.25, 0.3) is 6.71 Å². The summed E-state index contributed by atoms with van der Waals surface area (Å²) in [7, 11) is 0. The summed E-state index contributed by atoms with van der Waals surface area (Å²) in [6.07, 6.45) is 0. The first-order chi connectivity index (χ1) is 23.7. The van der Waals surface area contributed by atoms with E-state index < -0.39 is 0 Å². The summed E-state index contributed by atoms with van der Waals surface area (Å²) in [4.78, 5) is 0. The maximum Gasteiger partial charge on any atom is 0.252 e. The Hall–Kier alpha value is -6.13. The molecule has 0 aliphatic carbocycles. The predicted octanol–water partition coefficient (Wildman–Crippen LogP) is 9.14. The molecule has 10 aromatic rings. The zero-order valence-electron chi connectivity index (χ0n) is 25.7. The zero-order chi connectivity index (χ0) is 31.2. The Morgan fingerprint density at radius 3 is 1.40 bits per heavy atom. The molecule has 0 bridgehead atoms. The van der Waals surface area contributed by atoms with E-state index in [0.29, 0.717) is 0 Å². The Kier molecular flexibility index (Phi) is 4.49. The van der Waals surface area contributed by atoms with Crippen molar-refractivity contribution >= 4 is 88.3 Å². The molecule has 0 N–H and O–H groups in total. The Bertz CT molecular complexity index is 2890. The van der Waals surface area contributed by atoms with Crippen LogP contribution in [0.15, 0.2) is 146 Å². The normalized spacial score (nSPS) is 13.1. The highest BCUT2D eigenvalue weighted by Gasteiger charge is 2.41. The number of rotatable bonds is 1. The van der Waals surface area contributed by atoms with Gasteiger partial charge in [0.2, 0.25) is 0 Å². The molecular weight excluding hydrogens is 586 g/mol. The largest absolute Gasteiger partial charge is 0.310 e. The first-order valence-corrected chi connectivity index (χ1v) is 16.6. The molecule has 220 valence electrons. The van der Waals surface area contributed by atoms with E-state index in [0.717, 1.165) is 11.1 Å². The third-order valence-corrected chi connectivity index (χ3v) is 11.1. The fourth-order valence-corrected chi connectivity index (χ4v) is 9.10. The summed E-state index contributed by atoms with van der Waals surface area (Å²) >= 11 is 0. The second kappa shape index (κ2) is 8.61. The lowest BCUT2D eigenvalue weighted by molar-refractivity contribution is 0.628. The Labute approximate surface area is 275 Å². The fourth-order valence-electron chi connectivity index (χ4n) is 9.10. The lowest BCUT2D eigenvalue weighted by atomic mass is 9.34. The minimum atomic E-state index is -0.226. The molecule has 0 spiro atoms. The van der Waals surface area contributed by atoms with E-state index in [4.69, 9.17) is 0 Å². The number of benzene rings is 8. The van der Waals surface area contributed by atoms with E-state index in [2.05, 4.69) is 130 Å². The summed E-state index contributed by atoms with van der Waals surface area (Å²) in [6, 6.07) is 52.1. The molecule has 0 amide bonds. The smallest absolute Gasteiger partial charge is 0.252 e. The molecule has 2 aromatic heterocycles. The van der Waals surface area contributed by atoms with Gasteiger partial charge in [0.05, 0.1) is 11.0 Å². The van der Waals surface area contributed by atoms with Gasteiger partial charge in [-0.2, -0.15) is 0 Å². The van der Waals surface area contributed by atoms with Gasteiger partial charge in [0.15, 0.2) is 0 Å². The van der Waals surface area contributed by atoms with Gasteiger partial charge >= 0.3 is 0 Å². The van der Waals surface area contributed by atoms with E-state index in [1.54, 1.807) is 12.1 Å². The molecule has 0 fully saturated rings. The predicted molar refractivity (Wildman–Crippen MR) is 200 cm³/mol. The van der Waals surface area contributed by atoms with Crippen LogP contribution in [0.4, 0.5) is 4.39 Å². The van der Waals surface area contributed by atoms with Crippen LogP contribution in [0.5, 0.6) is 0 Å². The Morgan fingerprint density at radius 1 is 0.417 bits per heavy atom. The van der Waals surface area contributed by atoms with Crippen molar-refractivity contribution in [2.24, 2.45) is 0 Å². The molecule has 0 radical (unpaired) electrons. The maximum atomic E-state index is 14.2. The highest BCUT2D eigenvalue weighted by atomic mass is 19.1. The lowest BCUT2D eigenvalue weighted by Crippen LogP contribution is -2.59. The van der Waals surface area contributed by atoms with Crippen LogP contribution >= 0.6 is 0 Å². The van der Waals surface area contributed by atoms with Crippen LogP contribution in [0.2, 0.25) is 0 Å². The van der Waals surface area contributed by atoms with Crippen molar-refractivity contribution < 1.29 is 4.39 Å². The monoisotopic (exact) mass is 610 g/mol. The highest BCUT2D eigenvalue weighted by molar-refractivity contribution is 7.00. The second-order valence-electron chi connectivity index (χ2n) is 13.5. The van der Waals surface area contributed by atoms with Gasteiger partial charge in [0, 0.05) is 44.0 Å². The van der Waals surface area contributed by atoms with Crippen molar-refractivity contribution in [3.8, 4) is 22.5 Å². The maximum absolute atomic E-state index is 14.2. The van der Waals surface area contributed by atoms with Gasteiger partial charge in [-0.1, -0.05) is 97.1 Å². The fraction of sp³-hybridized carbons (Fsp3) is 0. The van der Waals surface area contributed by atoms with Crippen LogP contribution in [0.1, 0.15) is 0 Å². The summed E-state index contributed by atoms with van der Waals surface area (Å²) in [5.74, 6) is -0.226. The number of nitrogens with zero attached hydrogens (tertiary/aromatic N) is 2. The number of fused-ring (bicyclic) bond motifs is 12. The molecule has 4 heterocycles. The first-order valence-electron chi connectivity index (χ1n) is 16.6. The Balaban J connectivity index is 1.32. The number of halogens is 1. The molecule has 0 saturated heterocycles. The molecule has 2 aliphatic rings. The van der Waals surface area contributed by atoms with Gasteiger partial charge in [-0.25, -0.2) is 4.39 Å². The van der Waals surface area contributed by atoms with Crippen LogP contribution < -0.4 is 16.4 Å². The minimum absolute atomic E-state index is 0.0714. The van der Waals surface area contributed by atoms with Crippen molar-refractivity contribution in [2.75, 3.05) is 0 Å². The third kappa shape index (κ3) is 2.99. The van der Waals surface area contributed by atoms with Crippen LogP contribution in [-0.2, 0) is 0 Å². The van der Waals surface area contributed by atoms with Gasteiger partial charge < -0.3 is 9.13 Å². The van der Waals surface area contributed by atoms with Crippen molar-refractivity contribution in [3.05, 3.63) is 151 Å². The molecule has 0 saturated carbocycles. The summed E-state index contributed by atoms with van der Waals surface area (Å²) in [6.45, 7) is 0.0714. The van der Waals surface area contributed by atoms with Crippen LogP contribution in [0.25, 0.3) is 87.7 Å². The second-order valence-corrected chi connectivity index (χ2v) is 13.5. The number of aromatic nitrogens is 2. The average molecular weight is 611 g/mol. The average Bonchev–Trinajstić information content (AvgIpc) is 3.63. The number of hydrogen-bond acceptors (Lipinski definition) is 0. The lowest BCUT2D eigenvalue weighted by Gasteiger charge is -2.34. The standard InChI is InChI=1S/C44H24BFN2/c46-31-17-15-25(16-18-31)30-23-40-42-41(24-30)48-39-22-29-10-4-2-8-27(29)20-35(39)33-12-6-14-37(44(33)48)45(42)36-13-5-11-32-34-19-26-7-1-3-9-28(26)21-38(34)47(40)43(32)36/h1-24H. The van der Waals surface area contributed by atoms with Crippen LogP contribution in [0.3, 0.4) is 0 Å². The highest BCUT2D eigenvalue weighted by Crippen LogP contribution is 2.42. The van der Waals surface area contributed by atoms with Crippen molar-refractivity contribution in [3.63, 3.8) is 0 Å². The summed E-state index contributed by atoms with van der Waals surface area (Å²) in [5, 5.41) is 10.0. The first kappa shape index (κ1) is 25.0. The zero-order valence-corrected chi connectivity index (χ0v) is 25.7. The van der Waals surface area contributed by atoms with Gasteiger partial charge in [-0.05, 0) is 97.6 Å². The van der Waals surface area contributed by atoms with E-state index in [1.165, 1.54) is 92.9 Å². The minimum Gasteiger partial charge on any atom is -0.310 e. The third-order valence-electron chi connectivity index (χ3n) is 11.1. The molecule has 8 aromatic carbocycles. The van der Waals surface area contributed by atoms with E-state index in [9.17, 15) is 4.39 Å². The Morgan fingerprint density at radius 2 is 0.896 bits per heavy atom. The molecule has 4 heteroatoms. The molecule has 0 atom stereocenters. The summed E-state index contributed by atoms with van der Waals surface area (Å²) in [5.41, 5.74) is 13.4. The molecule has 0 unspecified atom stereocenters. The summed E-state index contributed by atoms with van der Waals surface area (Å²) < 4.78 is 19.3. The number of para-hydroxylation sites is 2. The molecule has 12 rings (SSSR count). The van der Waals surface area contributed by atoms with Gasteiger partial charge in [0.1, 0.15) is 5.82 Å². The van der Waals surface area contributed by atoms with Crippen molar-refractivity contribution in [2.45, 2.75) is 0 Å². The quantitative estimate of drug-likeness (QED) is 0.164. The molecule has 2 aliphatic heterocycles. The van der Waals surface area contributed by atoms with Crippen LogP contribution in [0, 0.1) is 5.82 Å². The van der Waals surface area contributed by atoms with Gasteiger partial charge in [-0.15, -0.1) is 0 Å². The molecule has 2 nitrogen and oxygen atoms in total. The van der Waals surface area contributed by atoms with Gasteiger partial charge in [-0.3, -0.25) is 0 Å².